The maximum absolute atomic E-state index is 13.3. The molecule has 0 radical (unpaired) electrons. The maximum Gasteiger partial charge on any atom is 0.394 e. The summed E-state index contributed by atoms with van der Waals surface area (Å²) in [7, 11) is 0. The van der Waals surface area contributed by atoms with Crippen molar-refractivity contribution in [1.29, 1.82) is 0 Å². The first-order chi connectivity index (χ1) is 14.9. The zero-order valence-corrected chi connectivity index (χ0v) is 17.3. The van der Waals surface area contributed by atoms with Crippen LogP contribution in [0.4, 0.5) is 19.1 Å². The van der Waals surface area contributed by atoms with E-state index in [0.29, 0.717) is 0 Å². The van der Waals surface area contributed by atoms with Crippen molar-refractivity contribution in [3.05, 3.63) is 16.7 Å². The van der Waals surface area contributed by atoms with Crippen LogP contribution in [0.25, 0.3) is 11.2 Å². The van der Waals surface area contributed by atoms with E-state index in [-0.39, 0.29) is 30.1 Å². The lowest BCUT2D eigenvalue weighted by Gasteiger charge is -2.22. The van der Waals surface area contributed by atoms with Gasteiger partial charge in [-0.05, 0) is 0 Å². The summed E-state index contributed by atoms with van der Waals surface area (Å²) in [4.78, 5) is 44.2. The number of halogens is 3. The van der Waals surface area contributed by atoms with Crippen molar-refractivity contribution in [3.63, 3.8) is 0 Å². The van der Waals surface area contributed by atoms with Gasteiger partial charge >= 0.3 is 17.8 Å². The number of aromatic nitrogens is 4. The zero-order chi connectivity index (χ0) is 23.8. The Morgan fingerprint density at radius 2 is 2.12 bits per heavy atom. The molecule has 3 rings (SSSR count). The van der Waals surface area contributed by atoms with Crippen LogP contribution in [0.1, 0.15) is 33.4 Å². The first-order valence-electron chi connectivity index (χ1n) is 9.52. The summed E-state index contributed by atoms with van der Waals surface area (Å²) in [6.45, 7) is 3.08. The average molecular weight is 455 g/mol. The molecule has 2 aromatic heterocycles. The molecule has 0 saturated carbocycles. The Bertz CT molecular complexity index is 1150. The fourth-order valence-corrected chi connectivity index (χ4v) is 3.50. The molecule has 10 nitrogen and oxygen atoms in total. The number of ether oxygens (including phenoxy) is 2. The van der Waals surface area contributed by atoms with E-state index >= 15 is 0 Å². The molecule has 13 heteroatoms. The zero-order valence-electron chi connectivity index (χ0n) is 17.3. The third-order valence-corrected chi connectivity index (χ3v) is 4.99. The third kappa shape index (κ3) is 4.45. The summed E-state index contributed by atoms with van der Waals surface area (Å²) in [6.07, 6.45) is -2.24. The predicted octanol–water partition coefficient (Wildman–Crippen LogP) is 1.60. The van der Waals surface area contributed by atoms with Crippen molar-refractivity contribution in [2.75, 3.05) is 5.32 Å². The van der Waals surface area contributed by atoms with Crippen LogP contribution in [0.2, 0.25) is 0 Å². The number of hydrogen-bond donors (Lipinski definition) is 1. The van der Waals surface area contributed by atoms with Gasteiger partial charge in [-0.2, -0.15) is 18.2 Å². The number of fused-ring (bicyclic) bond motifs is 1. The summed E-state index contributed by atoms with van der Waals surface area (Å²) in [5.41, 5.74) is -0.624. The van der Waals surface area contributed by atoms with Gasteiger partial charge in [-0.25, -0.2) is 14.3 Å². The second-order valence-electron chi connectivity index (χ2n) is 7.31. The Hall–Kier alpha value is -3.40. The van der Waals surface area contributed by atoms with E-state index < -0.39 is 48.1 Å². The minimum absolute atomic E-state index is 0.0496. The molecule has 1 fully saturated rings. The molecule has 4 atom stereocenters. The van der Waals surface area contributed by atoms with Gasteiger partial charge < -0.3 is 9.47 Å². The van der Waals surface area contributed by atoms with Gasteiger partial charge in [0.1, 0.15) is 11.6 Å². The van der Waals surface area contributed by atoms with Crippen LogP contribution in [0, 0.1) is 18.3 Å². The fourth-order valence-electron chi connectivity index (χ4n) is 3.50. The number of anilines is 1. The van der Waals surface area contributed by atoms with Crippen molar-refractivity contribution >= 4 is 29.0 Å². The first kappa shape index (κ1) is 23.3. The monoisotopic (exact) mass is 455 g/mol. The van der Waals surface area contributed by atoms with E-state index in [9.17, 15) is 27.6 Å². The highest BCUT2D eigenvalue weighted by atomic mass is 19.4. The van der Waals surface area contributed by atoms with Crippen LogP contribution in [0.3, 0.4) is 0 Å². The van der Waals surface area contributed by atoms with Crippen LogP contribution in [-0.2, 0) is 25.6 Å². The number of esters is 1. The van der Waals surface area contributed by atoms with Crippen LogP contribution in [0.5, 0.6) is 0 Å². The molecule has 1 amide bonds. The molecule has 3 heterocycles. The van der Waals surface area contributed by atoms with E-state index in [0.717, 1.165) is 23.0 Å². The predicted molar refractivity (Wildman–Crippen MR) is 104 cm³/mol. The summed E-state index contributed by atoms with van der Waals surface area (Å²) < 4.78 is 52.7. The molecule has 0 bridgehead atoms. The smallest absolute Gasteiger partial charge is 0.394 e. The highest BCUT2D eigenvalue weighted by Crippen LogP contribution is 2.40. The number of imidazole rings is 1. The van der Waals surface area contributed by atoms with Gasteiger partial charge in [0.15, 0.2) is 11.9 Å². The second kappa shape index (κ2) is 8.62. The van der Waals surface area contributed by atoms with Crippen molar-refractivity contribution in [2.24, 2.45) is 5.92 Å². The lowest BCUT2D eigenvalue weighted by molar-refractivity contribution is -0.203. The van der Waals surface area contributed by atoms with Gasteiger partial charge in [-0.15, -0.1) is 6.42 Å². The third-order valence-electron chi connectivity index (χ3n) is 4.99. The molecule has 1 aliphatic heterocycles. The minimum atomic E-state index is -4.57. The van der Waals surface area contributed by atoms with Crippen molar-refractivity contribution in [3.8, 4) is 12.3 Å². The van der Waals surface area contributed by atoms with E-state index in [1.54, 1.807) is 0 Å². The Labute approximate surface area is 179 Å². The standard InChI is InChI=1S/C19H20F3N5O5/c1-5-6-26-12-8-23-17(24-10(3)28)25-15(12)27(18(26)30)16-14(31-11(4)29)7-13(32-16)9(2)19(20,21)22/h1,8-9,13-14,16H,6-7H2,2-4H3,(H,23,24,25,28)/t9-,13+,14-,16-/m1/s1. The highest BCUT2D eigenvalue weighted by molar-refractivity contribution is 5.87. The van der Waals surface area contributed by atoms with Gasteiger partial charge in [0.2, 0.25) is 11.9 Å². The number of hydrogen-bond acceptors (Lipinski definition) is 7. The van der Waals surface area contributed by atoms with E-state index in [2.05, 4.69) is 21.2 Å². The highest BCUT2D eigenvalue weighted by Gasteiger charge is 2.50. The normalized spacial score (nSPS) is 21.8. The molecule has 0 aliphatic carbocycles. The van der Waals surface area contributed by atoms with Crippen LogP contribution < -0.4 is 11.0 Å². The summed E-state index contributed by atoms with van der Waals surface area (Å²) in [6, 6.07) is 0. The van der Waals surface area contributed by atoms with Crippen molar-refractivity contribution in [2.45, 2.75) is 58.3 Å². The topological polar surface area (TPSA) is 117 Å². The van der Waals surface area contributed by atoms with Gasteiger partial charge in [0.05, 0.1) is 24.8 Å². The summed E-state index contributed by atoms with van der Waals surface area (Å²) in [5, 5.41) is 2.36. The lowest BCUT2D eigenvalue weighted by atomic mass is 10.0. The number of carbonyl (C=O) groups excluding carboxylic acids is 2. The Balaban J connectivity index is 2.16. The van der Waals surface area contributed by atoms with Crippen LogP contribution in [0.15, 0.2) is 11.0 Å². The van der Waals surface area contributed by atoms with Crippen molar-refractivity contribution in [1.82, 2.24) is 19.1 Å². The minimum Gasteiger partial charge on any atom is -0.458 e. The quantitative estimate of drug-likeness (QED) is 0.538. The molecule has 0 unspecified atom stereocenters. The number of rotatable bonds is 5. The molecule has 1 aliphatic rings. The van der Waals surface area contributed by atoms with E-state index in [1.807, 2.05) is 0 Å². The molecular weight excluding hydrogens is 435 g/mol. The number of carbonyl (C=O) groups is 2. The van der Waals surface area contributed by atoms with Gasteiger partial charge in [0, 0.05) is 20.3 Å². The average Bonchev–Trinajstić information content (AvgIpc) is 3.18. The first-order valence-corrected chi connectivity index (χ1v) is 9.52. The van der Waals surface area contributed by atoms with Gasteiger partial charge in [0.25, 0.3) is 0 Å². The van der Waals surface area contributed by atoms with E-state index in [1.165, 1.54) is 13.1 Å². The van der Waals surface area contributed by atoms with E-state index in [4.69, 9.17) is 15.9 Å². The lowest BCUT2D eigenvalue weighted by Crippen LogP contribution is -2.34. The molecule has 32 heavy (non-hydrogen) atoms. The fraction of sp³-hybridized carbons (Fsp3) is 0.526. The SMILES string of the molecule is C#CCn1c(=O)n([C@@H]2O[C@H]([C@@H](C)C(F)(F)F)C[C@H]2OC(C)=O)c2nc(NC(C)=O)ncc21. The molecule has 1 saturated heterocycles. The van der Waals surface area contributed by atoms with Crippen LogP contribution in [-0.4, -0.2) is 49.4 Å². The molecule has 0 aromatic carbocycles. The molecular formula is C19H20F3N5O5. The summed E-state index contributed by atoms with van der Waals surface area (Å²) >= 11 is 0. The maximum atomic E-state index is 13.3. The number of terminal acetylenes is 1. The summed E-state index contributed by atoms with van der Waals surface area (Å²) in [5.74, 6) is -0.945. The number of nitrogens with zero attached hydrogens (tertiary/aromatic N) is 4. The largest absolute Gasteiger partial charge is 0.458 e. The molecule has 172 valence electrons. The molecule has 1 N–H and O–H groups in total. The Morgan fingerprint density at radius 1 is 1.44 bits per heavy atom. The van der Waals surface area contributed by atoms with Gasteiger partial charge in [-0.3, -0.25) is 19.5 Å². The Morgan fingerprint density at radius 3 is 2.69 bits per heavy atom. The molecule has 2 aromatic rings. The van der Waals surface area contributed by atoms with Crippen LogP contribution >= 0.6 is 0 Å². The van der Waals surface area contributed by atoms with Crippen molar-refractivity contribution < 1.29 is 32.2 Å². The Kier molecular flexibility index (Phi) is 6.27. The number of alkyl halides is 3. The van der Waals surface area contributed by atoms with Gasteiger partial charge in [-0.1, -0.05) is 12.8 Å². The number of nitrogens with one attached hydrogen (secondary N) is 1. The number of amides is 1. The second-order valence-corrected chi connectivity index (χ2v) is 7.31. The molecule has 0 spiro atoms.